The second-order valence-corrected chi connectivity index (χ2v) is 20.3. The van der Waals surface area contributed by atoms with Crippen LogP contribution in [0, 0.1) is 5.92 Å². The molecule has 1 aliphatic heterocycles. The highest BCUT2D eigenvalue weighted by molar-refractivity contribution is 7.61. The van der Waals surface area contributed by atoms with Gasteiger partial charge in [-0.15, -0.1) is 0 Å². The van der Waals surface area contributed by atoms with E-state index in [1.807, 2.05) is 12.2 Å². The van der Waals surface area contributed by atoms with E-state index in [-0.39, 0.29) is 31.5 Å². The van der Waals surface area contributed by atoms with Crippen molar-refractivity contribution in [2.24, 2.45) is 5.92 Å². The van der Waals surface area contributed by atoms with Crippen molar-refractivity contribution in [3.05, 3.63) is 95.7 Å². The minimum Gasteiger partial charge on any atom is -0.462 e. The number of phosphoric ester groups is 2. The minimum absolute atomic E-state index is 0.0867. The predicted octanol–water partition coefficient (Wildman–Crippen LogP) is 8.55. The highest BCUT2D eigenvalue weighted by atomic mass is 31.3. The zero-order valence-electron chi connectivity index (χ0n) is 41.1. The van der Waals surface area contributed by atoms with Crippen LogP contribution in [0.2, 0.25) is 0 Å². The van der Waals surface area contributed by atoms with E-state index in [2.05, 4.69) is 66.5 Å². The van der Waals surface area contributed by atoms with Crippen LogP contribution in [0.25, 0.3) is 0 Å². The lowest BCUT2D eigenvalue weighted by Gasteiger charge is -2.21. The van der Waals surface area contributed by atoms with Crippen LogP contribution in [-0.4, -0.2) is 96.9 Å². The summed E-state index contributed by atoms with van der Waals surface area (Å²) in [6, 6.07) is 1.23. The lowest BCUT2D eigenvalue weighted by molar-refractivity contribution is -0.161. The number of carbonyl (C=O) groups excluding carboxylic acids is 2. The molecule has 19 nitrogen and oxygen atoms in total. The van der Waals surface area contributed by atoms with Gasteiger partial charge in [-0.2, -0.15) is 9.29 Å². The van der Waals surface area contributed by atoms with Crippen LogP contribution in [0.5, 0.6) is 0 Å². The van der Waals surface area contributed by atoms with Crippen molar-refractivity contribution in [1.29, 1.82) is 0 Å². The monoisotopic (exact) mass is 1030 g/mol. The first-order chi connectivity index (χ1) is 33.4. The number of unbranched alkanes of at least 4 members (excludes halogenated alkanes) is 8. The minimum atomic E-state index is -5.47. The number of ether oxygens (including phenoxy) is 3. The molecule has 0 amide bonds. The number of esters is 2. The van der Waals surface area contributed by atoms with Gasteiger partial charge in [0.05, 0.1) is 19.3 Å². The maximum Gasteiger partial charge on any atom is 0.481 e. The summed E-state index contributed by atoms with van der Waals surface area (Å²) in [4.78, 5) is 61.8. The van der Waals surface area contributed by atoms with Crippen LogP contribution >= 0.6 is 15.6 Å². The van der Waals surface area contributed by atoms with Crippen LogP contribution in [0.1, 0.15) is 143 Å². The third-order valence-electron chi connectivity index (χ3n) is 10.6. The van der Waals surface area contributed by atoms with E-state index < -0.39 is 89.8 Å². The van der Waals surface area contributed by atoms with E-state index in [9.17, 15) is 48.6 Å². The Morgan fingerprint density at radius 3 is 2.06 bits per heavy atom. The van der Waals surface area contributed by atoms with Gasteiger partial charge in [0.1, 0.15) is 30.7 Å². The number of anilines is 1. The fourth-order valence-electron chi connectivity index (χ4n) is 6.78. The van der Waals surface area contributed by atoms with Crippen molar-refractivity contribution in [3.63, 3.8) is 0 Å². The molecule has 1 aromatic heterocycles. The number of aromatic nitrogens is 2. The van der Waals surface area contributed by atoms with Crippen molar-refractivity contribution >= 4 is 33.4 Å². The third kappa shape index (κ3) is 29.5. The first-order valence-corrected chi connectivity index (χ1v) is 27.4. The molecular formula is C49H79N3O16P2. The topological polar surface area (TPSA) is 286 Å². The molecule has 0 spiro atoms. The third-order valence-corrected chi connectivity index (χ3v) is 13.2. The molecule has 1 fully saturated rings. The lowest BCUT2D eigenvalue weighted by atomic mass is 10.0. The Morgan fingerprint density at radius 1 is 0.800 bits per heavy atom. The van der Waals surface area contributed by atoms with Crippen molar-refractivity contribution < 1.29 is 71.4 Å². The number of aliphatic hydroxyl groups is 3. The summed E-state index contributed by atoms with van der Waals surface area (Å²) >= 11 is 0. The summed E-state index contributed by atoms with van der Waals surface area (Å²) in [6.07, 6.45) is 30.4. The van der Waals surface area contributed by atoms with Crippen LogP contribution < -0.4 is 11.4 Å². The summed E-state index contributed by atoms with van der Waals surface area (Å²) in [5.74, 6) is -0.769. The summed E-state index contributed by atoms with van der Waals surface area (Å²) in [5, 5.41) is 31.2. The summed E-state index contributed by atoms with van der Waals surface area (Å²) in [6.45, 7) is 4.11. The largest absolute Gasteiger partial charge is 0.481 e. The fraction of sp³-hybridized carbons (Fsp3) is 0.633. The molecule has 7 N–H and O–H groups in total. The van der Waals surface area contributed by atoms with Gasteiger partial charge in [-0.3, -0.25) is 23.2 Å². The highest BCUT2D eigenvalue weighted by Gasteiger charge is 2.46. The first-order valence-electron chi connectivity index (χ1n) is 24.4. The normalized spacial score (nSPS) is 20.4. The van der Waals surface area contributed by atoms with E-state index in [0.717, 1.165) is 68.0 Å². The second kappa shape index (κ2) is 36.1. The fourth-order valence-corrected chi connectivity index (χ4v) is 8.89. The number of carbonyl (C=O) groups is 2. The van der Waals surface area contributed by atoms with Gasteiger partial charge in [0, 0.05) is 19.0 Å². The van der Waals surface area contributed by atoms with Gasteiger partial charge < -0.3 is 45.1 Å². The zero-order valence-corrected chi connectivity index (χ0v) is 42.9. The number of nitrogens with two attached hydrogens (primary N) is 1. The smallest absolute Gasteiger partial charge is 0.462 e. The Morgan fingerprint density at radius 2 is 1.41 bits per heavy atom. The molecule has 0 bridgehead atoms. The number of hydrogen-bond acceptors (Lipinski definition) is 16. The number of allylic oxidation sites excluding steroid dienone is 10. The molecule has 21 heteroatoms. The molecule has 396 valence electrons. The highest BCUT2D eigenvalue weighted by Crippen LogP contribution is 2.60. The Bertz CT molecular complexity index is 1990. The second-order valence-electron chi connectivity index (χ2n) is 17.3. The van der Waals surface area contributed by atoms with Crippen molar-refractivity contribution in [1.82, 2.24) is 9.55 Å². The molecule has 1 aliphatic rings. The van der Waals surface area contributed by atoms with Gasteiger partial charge in [-0.25, -0.2) is 13.9 Å². The maximum absolute atomic E-state index is 12.8. The first kappa shape index (κ1) is 62.3. The van der Waals surface area contributed by atoms with E-state index in [4.69, 9.17) is 29.0 Å². The van der Waals surface area contributed by atoms with Gasteiger partial charge in [0.2, 0.25) is 0 Å². The lowest BCUT2D eigenvalue weighted by Crippen LogP contribution is -2.36. The zero-order chi connectivity index (χ0) is 51.6. The van der Waals surface area contributed by atoms with Crippen LogP contribution in [0.4, 0.5) is 5.82 Å². The standard InChI is InChI=1S/C49H79N3O16P2/c1-4-5-6-7-8-9-10-11-12-15-18-21-25-30-40(53)31-26-23-28-33-45(55)66-41(36-63-44(54)32-27-22-19-16-13-14-17-20-24-29-39(2)3)37-64-69(59,60)68-70(61,62)65-38-42-46(56)47(57)48(67-42)52-35-34-43(50)51-49(52)58/h5-6,8-9,11-12,18,21,23,25-26,30,34-35,39-42,46-48,53,56-57H,4,7,10,13-17,19-20,22,24,27-29,31-33,36-38H2,1-3H3,(H,59,60)(H,61,62)(H2,50,51,58)/b6-5-,9-8-,12-11-,21-18-,26-23-,30-25-/t40?,41-,42-,46-,47-,48-/m1/s1. The van der Waals surface area contributed by atoms with Gasteiger partial charge in [0.25, 0.3) is 0 Å². The SMILES string of the molecule is CC/C=C\C/C=C\C/C=C\C/C=C\C=C/C(O)C/C=C\CCC(=O)O[C@H](COC(=O)CCCCCCCCCCCC(C)C)COP(=O)(O)OP(=O)(O)OC[C@H]1O[C@@H](n2ccc(N)nc2=O)[C@H](O)[C@@H]1O. The molecule has 1 saturated heterocycles. The molecule has 3 unspecified atom stereocenters. The number of rotatable bonds is 38. The Hall–Kier alpha value is -3.84. The van der Waals surface area contributed by atoms with Gasteiger partial charge in [-0.1, -0.05) is 151 Å². The Kier molecular flexibility index (Phi) is 32.1. The van der Waals surface area contributed by atoms with Crippen molar-refractivity contribution in [2.45, 2.75) is 173 Å². The number of phosphoric acid groups is 2. The van der Waals surface area contributed by atoms with Gasteiger partial charge >= 0.3 is 33.3 Å². The summed E-state index contributed by atoms with van der Waals surface area (Å²) in [7, 11) is -10.9. The molecule has 0 saturated carbocycles. The Balaban J connectivity index is 1.88. The molecular weight excluding hydrogens is 948 g/mol. The molecule has 70 heavy (non-hydrogen) atoms. The van der Waals surface area contributed by atoms with E-state index >= 15 is 0 Å². The summed E-state index contributed by atoms with van der Waals surface area (Å²) in [5.41, 5.74) is 4.57. The van der Waals surface area contributed by atoms with Crippen molar-refractivity contribution in [3.8, 4) is 0 Å². The predicted molar refractivity (Wildman–Crippen MR) is 267 cm³/mol. The molecule has 2 rings (SSSR count). The number of nitrogen functional groups attached to an aromatic ring is 1. The van der Waals surface area contributed by atoms with Crippen LogP contribution in [0.3, 0.4) is 0 Å². The molecule has 0 radical (unpaired) electrons. The number of hydrogen-bond donors (Lipinski definition) is 6. The van der Waals surface area contributed by atoms with Crippen LogP contribution in [-0.2, 0) is 46.3 Å². The van der Waals surface area contributed by atoms with E-state index in [1.54, 1.807) is 24.3 Å². The molecule has 0 aromatic carbocycles. The molecule has 8 atom stereocenters. The van der Waals surface area contributed by atoms with Crippen molar-refractivity contribution in [2.75, 3.05) is 25.6 Å². The van der Waals surface area contributed by atoms with Crippen LogP contribution in [0.15, 0.2) is 90.0 Å². The van der Waals surface area contributed by atoms with E-state index in [0.29, 0.717) is 6.42 Å². The van der Waals surface area contributed by atoms with Gasteiger partial charge in [-0.05, 0) is 56.9 Å². The number of nitrogens with zero attached hydrogens (tertiary/aromatic N) is 2. The molecule has 0 aliphatic carbocycles. The van der Waals surface area contributed by atoms with Gasteiger partial charge in [0.15, 0.2) is 12.3 Å². The average Bonchev–Trinajstić information content (AvgIpc) is 3.58. The Labute approximate surface area is 413 Å². The maximum atomic E-state index is 12.8. The number of aliphatic hydroxyl groups excluding tert-OH is 3. The molecule has 1 aromatic rings. The molecule has 2 heterocycles. The summed E-state index contributed by atoms with van der Waals surface area (Å²) < 4.78 is 56.5. The average molecular weight is 1030 g/mol. The quantitative estimate of drug-likeness (QED) is 0.0119. The van der Waals surface area contributed by atoms with E-state index in [1.165, 1.54) is 38.2 Å².